The van der Waals surface area contributed by atoms with Crippen molar-refractivity contribution in [2.75, 3.05) is 0 Å². The van der Waals surface area contributed by atoms with E-state index in [1.807, 2.05) is 0 Å². The maximum absolute atomic E-state index is 2.66. The molecule has 17 heavy (non-hydrogen) atoms. The minimum absolute atomic E-state index is 0.620. The summed E-state index contributed by atoms with van der Waals surface area (Å²) in [5, 5.41) is 0. The van der Waals surface area contributed by atoms with Crippen molar-refractivity contribution in [2.45, 2.75) is 79.1 Å². The second-order valence-electron chi connectivity index (χ2n) is 8.27. The predicted octanol–water partition coefficient (Wildman–Crippen LogP) is 5.42. The van der Waals surface area contributed by atoms with E-state index in [4.69, 9.17) is 0 Å². The normalized spacial score (nSPS) is 58.6. The summed E-state index contributed by atoms with van der Waals surface area (Å²) in [6.45, 7) is 10.5. The molecule has 0 aliphatic heterocycles. The van der Waals surface area contributed by atoms with Gasteiger partial charge in [0, 0.05) is 0 Å². The van der Waals surface area contributed by atoms with Crippen LogP contribution in [0.25, 0.3) is 0 Å². The van der Waals surface area contributed by atoms with E-state index in [1.54, 1.807) is 0 Å². The van der Waals surface area contributed by atoms with Crippen LogP contribution in [-0.2, 0) is 0 Å². The van der Waals surface area contributed by atoms with E-state index >= 15 is 0 Å². The maximum atomic E-state index is 2.66. The lowest BCUT2D eigenvalue weighted by molar-refractivity contribution is -0.0975. The smallest absolute Gasteiger partial charge is 0.0213 e. The standard InChI is InChI=1S/C17H30/c1-13-7-5-6-9-16(13,3)17(4)12-14-8-10-15(17,2)11-14/h13-14H,5-12H2,1-4H3. The molecule has 98 valence electrons. The van der Waals surface area contributed by atoms with Crippen molar-refractivity contribution in [2.24, 2.45) is 28.1 Å². The summed E-state index contributed by atoms with van der Waals surface area (Å²) >= 11 is 0. The van der Waals surface area contributed by atoms with Crippen molar-refractivity contribution < 1.29 is 0 Å². The first-order chi connectivity index (χ1) is 7.91. The highest BCUT2D eigenvalue weighted by Gasteiger charge is 2.64. The van der Waals surface area contributed by atoms with Crippen molar-refractivity contribution in [3.63, 3.8) is 0 Å². The summed E-state index contributed by atoms with van der Waals surface area (Å²) in [6.07, 6.45) is 12.0. The van der Waals surface area contributed by atoms with Gasteiger partial charge in [-0.3, -0.25) is 0 Å². The average Bonchev–Trinajstić information content (AvgIpc) is 2.76. The minimum atomic E-state index is 0.620. The van der Waals surface area contributed by atoms with E-state index in [1.165, 1.54) is 51.4 Å². The molecular formula is C17H30. The fourth-order valence-corrected chi connectivity index (χ4v) is 6.11. The Bertz CT molecular complexity index is 320. The van der Waals surface area contributed by atoms with Gasteiger partial charge in [-0.1, -0.05) is 47.0 Å². The van der Waals surface area contributed by atoms with Gasteiger partial charge in [-0.25, -0.2) is 0 Å². The highest BCUT2D eigenvalue weighted by molar-refractivity contribution is 5.13. The molecule has 3 saturated carbocycles. The van der Waals surface area contributed by atoms with Crippen molar-refractivity contribution in [1.82, 2.24) is 0 Å². The van der Waals surface area contributed by atoms with E-state index in [2.05, 4.69) is 27.7 Å². The number of rotatable bonds is 1. The largest absolute Gasteiger partial charge is 0.0620 e. The average molecular weight is 234 g/mol. The highest BCUT2D eigenvalue weighted by atomic mass is 14.7. The molecule has 0 heteroatoms. The number of hydrogen-bond donors (Lipinski definition) is 0. The van der Waals surface area contributed by atoms with Crippen LogP contribution in [0.4, 0.5) is 0 Å². The Morgan fingerprint density at radius 2 is 1.65 bits per heavy atom. The molecule has 3 aliphatic carbocycles. The van der Waals surface area contributed by atoms with Crippen LogP contribution in [0.1, 0.15) is 79.1 Å². The van der Waals surface area contributed by atoms with Crippen LogP contribution in [-0.4, -0.2) is 0 Å². The van der Waals surface area contributed by atoms with E-state index < -0.39 is 0 Å². The highest BCUT2D eigenvalue weighted by Crippen LogP contribution is 2.73. The molecule has 0 heterocycles. The Labute approximate surface area is 108 Å². The topological polar surface area (TPSA) is 0 Å². The molecule has 0 aromatic rings. The summed E-state index contributed by atoms with van der Waals surface area (Å²) in [6, 6.07) is 0. The first-order valence-corrected chi connectivity index (χ1v) is 7.91. The van der Waals surface area contributed by atoms with Gasteiger partial charge < -0.3 is 0 Å². The van der Waals surface area contributed by atoms with Gasteiger partial charge in [-0.05, 0) is 60.2 Å². The summed E-state index contributed by atoms with van der Waals surface area (Å²) in [4.78, 5) is 0. The third-order valence-corrected chi connectivity index (χ3v) is 7.80. The summed E-state index contributed by atoms with van der Waals surface area (Å²) in [7, 11) is 0. The van der Waals surface area contributed by atoms with E-state index in [0.717, 1.165) is 11.8 Å². The Kier molecular flexibility index (Phi) is 2.49. The van der Waals surface area contributed by atoms with Crippen molar-refractivity contribution in [1.29, 1.82) is 0 Å². The lowest BCUT2D eigenvalue weighted by Crippen LogP contribution is -2.51. The van der Waals surface area contributed by atoms with Crippen LogP contribution in [0.5, 0.6) is 0 Å². The Hall–Kier alpha value is 0. The molecule has 3 fully saturated rings. The second kappa shape index (κ2) is 3.52. The third-order valence-electron chi connectivity index (χ3n) is 7.80. The molecular weight excluding hydrogens is 204 g/mol. The first-order valence-electron chi connectivity index (χ1n) is 7.91. The minimum Gasteiger partial charge on any atom is -0.0620 e. The van der Waals surface area contributed by atoms with Crippen LogP contribution in [0, 0.1) is 28.1 Å². The van der Waals surface area contributed by atoms with Gasteiger partial charge in [0.2, 0.25) is 0 Å². The number of fused-ring (bicyclic) bond motifs is 2. The summed E-state index contributed by atoms with van der Waals surface area (Å²) < 4.78 is 0. The Balaban J connectivity index is 1.97. The van der Waals surface area contributed by atoms with Crippen LogP contribution in [0.15, 0.2) is 0 Å². The molecule has 3 aliphatic rings. The molecule has 0 saturated heterocycles. The van der Waals surface area contributed by atoms with Crippen LogP contribution in [0.2, 0.25) is 0 Å². The predicted molar refractivity (Wildman–Crippen MR) is 73.9 cm³/mol. The molecule has 0 N–H and O–H groups in total. The molecule has 5 atom stereocenters. The van der Waals surface area contributed by atoms with Gasteiger partial charge in [0.15, 0.2) is 0 Å². The van der Waals surface area contributed by atoms with Crippen molar-refractivity contribution >= 4 is 0 Å². The summed E-state index contributed by atoms with van der Waals surface area (Å²) in [5.41, 5.74) is 1.91. The molecule has 5 unspecified atom stereocenters. The lowest BCUT2D eigenvalue weighted by Gasteiger charge is -2.59. The van der Waals surface area contributed by atoms with Crippen LogP contribution < -0.4 is 0 Å². The molecule has 0 aromatic heterocycles. The second-order valence-corrected chi connectivity index (χ2v) is 8.27. The lowest BCUT2D eigenvalue weighted by atomic mass is 9.46. The molecule has 2 bridgehead atoms. The molecule has 0 aromatic carbocycles. The van der Waals surface area contributed by atoms with Gasteiger partial charge in [0.25, 0.3) is 0 Å². The van der Waals surface area contributed by atoms with Gasteiger partial charge in [-0.15, -0.1) is 0 Å². The monoisotopic (exact) mass is 234 g/mol. The van der Waals surface area contributed by atoms with Crippen molar-refractivity contribution in [3.05, 3.63) is 0 Å². The zero-order valence-corrected chi connectivity index (χ0v) is 12.3. The molecule has 0 radical (unpaired) electrons. The van der Waals surface area contributed by atoms with Gasteiger partial charge in [0.05, 0.1) is 0 Å². The Morgan fingerprint density at radius 1 is 0.882 bits per heavy atom. The van der Waals surface area contributed by atoms with E-state index in [0.29, 0.717) is 16.2 Å². The van der Waals surface area contributed by atoms with Crippen LogP contribution in [0.3, 0.4) is 0 Å². The molecule has 0 nitrogen and oxygen atoms in total. The van der Waals surface area contributed by atoms with Gasteiger partial charge >= 0.3 is 0 Å². The first kappa shape index (κ1) is 12.1. The fourth-order valence-electron chi connectivity index (χ4n) is 6.11. The molecule has 3 rings (SSSR count). The van der Waals surface area contributed by atoms with Crippen molar-refractivity contribution in [3.8, 4) is 0 Å². The zero-order chi connectivity index (χ0) is 12.3. The summed E-state index contributed by atoms with van der Waals surface area (Å²) in [5.74, 6) is 2.01. The Morgan fingerprint density at radius 3 is 2.18 bits per heavy atom. The SMILES string of the molecule is CC1CCCCC1(C)C1(C)CC2CCC1(C)C2. The maximum Gasteiger partial charge on any atom is -0.0213 e. The zero-order valence-electron chi connectivity index (χ0n) is 12.3. The van der Waals surface area contributed by atoms with Gasteiger partial charge in [-0.2, -0.15) is 0 Å². The quantitative estimate of drug-likeness (QED) is 0.568. The van der Waals surface area contributed by atoms with Crippen LogP contribution >= 0.6 is 0 Å². The molecule has 0 amide bonds. The van der Waals surface area contributed by atoms with E-state index in [9.17, 15) is 0 Å². The molecule has 0 spiro atoms. The number of hydrogen-bond acceptors (Lipinski definition) is 0. The third kappa shape index (κ3) is 1.36. The van der Waals surface area contributed by atoms with E-state index in [-0.39, 0.29) is 0 Å². The fraction of sp³-hybridized carbons (Fsp3) is 1.00. The van der Waals surface area contributed by atoms with Gasteiger partial charge in [0.1, 0.15) is 0 Å².